The molecule has 1 atom stereocenters. The SMILES string of the molecule is Cc1cccc(N2C(=O)C(c3cc(C)c(O)c(C)c3)(c3cc(C)ccc3O)c3ccccc32)c1. The van der Waals surface area contributed by atoms with Gasteiger partial charge in [0.25, 0.3) is 5.91 Å². The Hall–Kier alpha value is -4.05. The van der Waals surface area contributed by atoms with Gasteiger partial charge in [0, 0.05) is 16.8 Å². The second-order valence-corrected chi connectivity index (χ2v) is 9.23. The maximum Gasteiger partial charge on any atom is 0.251 e. The number of benzene rings is 4. The number of hydrogen-bond acceptors (Lipinski definition) is 3. The highest BCUT2D eigenvalue weighted by Crippen LogP contribution is 2.55. The van der Waals surface area contributed by atoms with E-state index >= 15 is 0 Å². The minimum Gasteiger partial charge on any atom is -0.508 e. The van der Waals surface area contributed by atoms with Crippen molar-refractivity contribution in [3.8, 4) is 11.5 Å². The predicted octanol–water partition coefficient (Wildman–Crippen LogP) is 6.34. The Morgan fingerprint density at radius 2 is 1.38 bits per heavy atom. The number of anilines is 2. The zero-order chi connectivity index (χ0) is 24.2. The van der Waals surface area contributed by atoms with Crippen LogP contribution in [0.1, 0.15) is 38.9 Å². The van der Waals surface area contributed by atoms with Crippen molar-refractivity contribution in [3.63, 3.8) is 0 Å². The fourth-order valence-corrected chi connectivity index (χ4v) is 5.22. The molecule has 4 aromatic rings. The Morgan fingerprint density at radius 3 is 2.09 bits per heavy atom. The highest BCUT2D eigenvalue weighted by atomic mass is 16.3. The second kappa shape index (κ2) is 7.77. The van der Waals surface area contributed by atoms with Crippen molar-refractivity contribution in [3.05, 3.63) is 118 Å². The molecule has 0 fully saturated rings. The number of fused-ring (bicyclic) bond motifs is 1. The molecular weight excluding hydrogens is 422 g/mol. The molecular formula is C30H27NO3. The van der Waals surface area contributed by atoms with E-state index in [0.29, 0.717) is 22.3 Å². The lowest BCUT2D eigenvalue weighted by Gasteiger charge is -2.32. The van der Waals surface area contributed by atoms with Gasteiger partial charge < -0.3 is 10.2 Å². The van der Waals surface area contributed by atoms with Crippen LogP contribution in [-0.4, -0.2) is 16.1 Å². The summed E-state index contributed by atoms with van der Waals surface area (Å²) >= 11 is 0. The average Bonchev–Trinajstić information content (AvgIpc) is 3.07. The fraction of sp³-hybridized carbons (Fsp3) is 0.167. The molecule has 0 aromatic heterocycles. The molecule has 1 aliphatic rings. The smallest absolute Gasteiger partial charge is 0.251 e. The van der Waals surface area contributed by atoms with Crippen molar-refractivity contribution < 1.29 is 15.0 Å². The van der Waals surface area contributed by atoms with Gasteiger partial charge in [-0.1, -0.05) is 60.2 Å². The average molecular weight is 450 g/mol. The molecule has 1 amide bonds. The van der Waals surface area contributed by atoms with E-state index < -0.39 is 5.41 Å². The number of aromatic hydroxyl groups is 2. The Bertz CT molecular complexity index is 1430. The van der Waals surface area contributed by atoms with Crippen LogP contribution in [0.4, 0.5) is 11.4 Å². The van der Waals surface area contributed by atoms with E-state index in [2.05, 4.69) is 0 Å². The summed E-state index contributed by atoms with van der Waals surface area (Å²) in [7, 11) is 0. The molecule has 0 saturated carbocycles. The summed E-state index contributed by atoms with van der Waals surface area (Å²) in [5, 5.41) is 21.6. The van der Waals surface area contributed by atoms with E-state index in [4.69, 9.17) is 0 Å². The third kappa shape index (κ3) is 3.02. The zero-order valence-corrected chi connectivity index (χ0v) is 19.8. The number of hydrogen-bond donors (Lipinski definition) is 2. The molecule has 4 aromatic carbocycles. The van der Waals surface area contributed by atoms with Crippen molar-refractivity contribution in [2.75, 3.05) is 4.90 Å². The van der Waals surface area contributed by atoms with Crippen molar-refractivity contribution in [2.24, 2.45) is 0 Å². The van der Waals surface area contributed by atoms with Gasteiger partial charge in [-0.2, -0.15) is 0 Å². The largest absolute Gasteiger partial charge is 0.508 e. The third-order valence-corrected chi connectivity index (χ3v) is 6.81. The number of amides is 1. The van der Waals surface area contributed by atoms with Crippen molar-refractivity contribution in [1.82, 2.24) is 0 Å². The molecule has 2 N–H and O–H groups in total. The molecule has 0 spiro atoms. The van der Waals surface area contributed by atoms with Crippen molar-refractivity contribution in [2.45, 2.75) is 33.1 Å². The minimum atomic E-state index is -1.28. The Labute approximate surface area is 199 Å². The quantitative estimate of drug-likeness (QED) is 0.383. The van der Waals surface area contributed by atoms with Gasteiger partial charge in [-0.3, -0.25) is 9.69 Å². The number of aryl methyl sites for hydroxylation is 4. The van der Waals surface area contributed by atoms with Gasteiger partial charge in [-0.05, 0) is 74.2 Å². The number of nitrogens with zero attached hydrogens (tertiary/aromatic N) is 1. The third-order valence-electron chi connectivity index (χ3n) is 6.81. The topological polar surface area (TPSA) is 60.8 Å². The fourth-order valence-electron chi connectivity index (χ4n) is 5.22. The first kappa shape index (κ1) is 21.8. The molecule has 34 heavy (non-hydrogen) atoms. The summed E-state index contributed by atoms with van der Waals surface area (Å²) in [6.45, 7) is 7.62. The van der Waals surface area contributed by atoms with Gasteiger partial charge in [-0.15, -0.1) is 0 Å². The Kier molecular flexibility index (Phi) is 4.98. The van der Waals surface area contributed by atoms with Crippen molar-refractivity contribution >= 4 is 17.3 Å². The number of carbonyl (C=O) groups excluding carboxylic acids is 1. The van der Waals surface area contributed by atoms with E-state index in [9.17, 15) is 15.0 Å². The maximum absolute atomic E-state index is 14.7. The second-order valence-electron chi connectivity index (χ2n) is 9.23. The Balaban J connectivity index is 1.93. The van der Waals surface area contributed by atoms with Crippen LogP contribution >= 0.6 is 0 Å². The lowest BCUT2D eigenvalue weighted by molar-refractivity contribution is -0.120. The van der Waals surface area contributed by atoms with Crippen molar-refractivity contribution in [1.29, 1.82) is 0 Å². The van der Waals surface area contributed by atoms with Gasteiger partial charge in [0.05, 0.1) is 5.69 Å². The summed E-state index contributed by atoms with van der Waals surface area (Å²) in [5.74, 6) is 0.106. The van der Waals surface area contributed by atoms with Crippen LogP contribution in [0.25, 0.3) is 0 Å². The molecule has 1 heterocycles. The highest BCUT2D eigenvalue weighted by molar-refractivity contribution is 6.17. The number of phenols is 2. The predicted molar refractivity (Wildman–Crippen MR) is 135 cm³/mol. The van der Waals surface area contributed by atoms with Gasteiger partial charge in [0.1, 0.15) is 16.9 Å². The van der Waals surface area contributed by atoms with E-state index in [0.717, 1.165) is 28.1 Å². The highest BCUT2D eigenvalue weighted by Gasteiger charge is 2.55. The van der Waals surface area contributed by atoms with Crippen LogP contribution in [0.2, 0.25) is 0 Å². The summed E-state index contributed by atoms with van der Waals surface area (Å²) in [4.78, 5) is 16.5. The van der Waals surface area contributed by atoms with Crippen LogP contribution in [0, 0.1) is 27.7 Å². The minimum absolute atomic E-state index is 0.0585. The van der Waals surface area contributed by atoms with Crippen LogP contribution in [0.5, 0.6) is 11.5 Å². The zero-order valence-electron chi connectivity index (χ0n) is 19.8. The standard InChI is InChI=1S/C30H27NO3/c1-18-8-7-9-23(14-18)31-26-11-6-5-10-24(26)30(29(31)34,25-15-19(2)12-13-27(25)32)22-16-20(3)28(33)21(4)17-22/h5-17,32-33H,1-4H3. The summed E-state index contributed by atoms with van der Waals surface area (Å²) in [6.07, 6.45) is 0. The number of carbonyl (C=O) groups is 1. The summed E-state index contributed by atoms with van der Waals surface area (Å²) < 4.78 is 0. The first-order valence-corrected chi connectivity index (χ1v) is 11.4. The lowest BCUT2D eigenvalue weighted by Crippen LogP contribution is -2.40. The molecule has 1 aliphatic heterocycles. The molecule has 5 rings (SSSR count). The molecule has 0 aliphatic carbocycles. The maximum atomic E-state index is 14.7. The summed E-state index contributed by atoms with van der Waals surface area (Å²) in [5.41, 5.74) is 5.68. The summed E-state index contributed by atoms with van der Waals surface area (Å²) in [6, 6.07) is 24.7. The van der Waals surface area contributed by atoms with Crippen LogP contribution in [0.15, 0.2) is 78.9 Å². The van der Waals surface area contributed by atoms with E-state index in [1.54, 1.807) is 11.0 Å². The van der Waals surface area contributed by atoms with E-state index in [-0.39, 0.29) is 17.4 Å². The van der Waals surface area contributed by atoms with E-state index in [1.807, 2.05) is 100 Å². The molecule has 0 radical (unpaired) electrons. The number of phenolic OH excluding ortho intramolecular Hbond substituents is 2. The lowest BCUT2D eigenvalue weighted by atomic mass is 9.69. The van der Waals surface area contributed by atoms with Gasteiger partial charge in [-0.25, -0.2) is 0 Å². The molecule has 0 saturated heterocycles. The van der Waals surface area contributed by atoms with Gasteiger partial charge >= 0.3 is 0 Å². The van der Waals surface area contributed by atoms with Gasteiger partial charge in [0.2, 0.25) is 0 Å². The first-order chi connectivity index (χ1) is 16.2. The number of rotatable bonds is 3. The Morgan fingerprint density at radius 1 is 0.706 bits per heavy atom. The van der Waals surface area contributed by atoms with Crippen LogP contribution < -0.4 is 4.90 Å². The monoisotopic (exact) mass is 449 g/mol. The molecule has 0 bridgehead atoms. The van der Waals surface area contributed by atoms with Gasteiger partial charge in [0.15, 0.2) is 0 Å². The molecule has 4 heteroatoms. The molecule has 170 valence electrons. The number of para-hydroxylation sites is 1. The first-order valence-electron chi connectivity index (χ1n) is 11.4. The van der Waals surface area contributed by atoms with Crippen LogP contribution in [-0.2, 0) is 10.2 Å². The molecule has 4 nitrogen and oxygen atoms in total. The molecule has 1 unspecified atom stereocenters. The van der Waals surface area contributed by atoms with E-state index in [1.165, 1.54) is 0 Å². The normalized spacial score (nSPS) is 17.2. The van der Waals surface area contributed by atoms with Crippen LogP contribution in [0.3, 0.4) is 0 Å².